The molecule has 2 unspecified atom stereocenters. The van der Waals surface area contributed by atoms with E-state index >= 15 is 0 Å². The number of nitrogens with zero attached hydrogens (tertiary/aromatic N) is 1. The Bertz CT molecular complexity index is 456. The first-order valence-electron chi connectivity index (χ1n) is 5.97. The normalized spacial score (nSPS) is 24.1. The number of carbonyl (C=O) groups is 1. The van der Waals surface area contributed by atoms with E-state index in [-0.39, 0.29) is 5.91 Å². The molecule has 2 atom stereocenters. The second-order valence-electron chi connectivity index (χ2n) is 4.80. The highest BCUT2D eigenvalue weighted by Crippen LogP contribution is 2.22. The van der Waals surface area contributed by atoms with Crippen LogP contribution in [0.25, 0.3) is 0 Å². The molecule has 0 saturated carbocycles. The van der Waals surface area contributed by atoms with Crippen molar-refractivity contribution in [3.8, 4) is 0 Å². The van der Waals surface area contributed by atoms with Gasteiger partial charge < -0.3 is 10.2 Å². The molecule has 0 spiro atoms. The van der Waals surface area contributed by atoms with Crippen molar-refractivity contribution in [3.63, 3.8) is 0 Å². The third-order valence-electron chi connectivity index (χ3n) is 3.00. The van der Waals surface area contributed by atoms with Crippen molar-refractivity contribution in [3.05, 3.63) is 31.8 Å². The molecule has 18 heavy (non-hydrogen) atoms. The molecule has 0 aromatic heterocycles. The predicted molar refractivity (Wildman–Crippen MR) is 84.8 cm³/mol. The Hall–Kier alpha value is -0.140. The van der Waals surface area contributed by atoms with Crippen LogP contribution in [0.2, 0.25) is 0 Å². The molecule has 1 fully saturated rings. The van der Waals surface area contributed by atoms with Gasteiger partial charge in [-0.1, -0.05) is 0 Å². The molecular weight excluding hydrogens is 407 g/mol. The van der Waals surface area contributed by atoms with Crippen molar-refractivity contribution in [2.24, 2.45) is 0 Å². The van der Waals surface area contributed by atoms with Gasteiger partial charge in [0.25, 0.3) is 5.91 Å². The van der Waals surface area contributed by atoms with Gasteiger partial charge in [-0.05, 0) is 70.6 Å². The minimum absolute atomic E-state index is 0.112. The Morgan fingerprint density at radius 3 is 2.61 bits per heavy atom. The number of carbonyl (C=O) groups excluding carboxylic acids is 1. The maximum atomic E-state index is 12.5. The van der Waals surface area contributed by atoms with E-state index in [9.17, 15) is 4.79 Å². The summed E-state index contributed by atoms with van der Waals surface area (Å²) in [6.45, 7) is 5.75. The van der Waals surface area contributed by atoms with Crippen LogP contribution in [0.1, 0.15) is 24.2 Å². The van der Waals surface area contributed by atoms with E-state index in [4.69, 9.17) is 0 Å². The fraction of sp³-hybridized carbons (Fsp3) is 0.462. The van der Waals surface area contributed by atoms with E-state index in [0.717, 1.165) is 26.7 Å². The lowest BCUT2D eigenvalue weighted by atomic mass is 10.1. The largest absolute Gasteiger partial charge is 0.336 e. The number of rotatable bonds is 1. The lowest BCUT2D eigenvalue weighted by Gasteiger charge is -2.36. The zero-order valence-corrected chi connectivity index (χ0v) is 14.2. The SMILES string of the molecule is CC1CN(C(=O)c2cc(I)ccc2Br)CC(C)N1. The molecule has 1 heterocycles. The molecule has 98 valence electrons. The highest BCUT2D eigenvalue weighted by atomic mass is 127. The second kappa shape index (κ2) is 5.88. The number of piperazine rings is 1. The molecule has 1 N–H and O–H groups in total. The van der Waals surface area contributed by atoms with Crippen LogP contribution in [0.4, 0.5) is 0 Å². The Labute approximate surface area is 130 Å². The summed E-state index contributed by atoms with van der Waals surface area (Å²) in [5.41, 5.74) is 0.753. The summed E-state index contributed by atoms with van der Waals surface area (Å²) in [5, 5.41) is 3.43. The third kappa shape index (κ3) is 3.24. The summed E-state index contributed by atoms with van der Waals surface area (Å²) in [6.07, 6.45) is 0. The zero-order valence-electron chi connectivity index (χ0n) is 10.4. The van der Waals surface area contributed by atoms with E-state index < -0.39 is 0 Å². The summed E-state index contributed by atoms with van der Waals surface area (Å²) in [7, 11) is 0. The summed E-state index contributed by atoms with van der Waals surface area (Å²) in [6, 6.07) is 6.55. The standard InChI is InChI=1S/C13H16BrIN2O/c1-8-6-17(7-9(2)16-8)13(18)11-5-10(15)3-4-12(11)14/h3-5,8-9,16H,6-7H2,1-2H3. The molecule has 2 rings (SSSR count). The van der Waals surface area contributed by atoms with Crippen molar-refractivity contribution in [2.45, 2.75) is 25.9 Å². The fourth-order valence-corrected chi connectivity index (χ4v) is 3.23. The van der Waals surface area contributed by atoms with Crippen LogP contribution in [0.3, 0.4) is 0 Å². The molecular formula is C13H16BrIN2O. The molecule has 0 bridgehead atoms. The minimum atomic E-state index is 0.112. The van der Waals surface area contributed by atoms with Crippen LogP contribution in [0.5, 0.6) is 0 Å². The van der Waals surface area contributed by atoms with Gasteiger partial charge in [-0.15, -0.1) is 0 Å². The van der Waals surface area contributed by atoms with Crippen LogP contribution < -0.4 is 5.32 Å². The summed E-state index contributed by atoms with van der Waals surface area (Å²) in [4.78, 5) is 14.5. The summed E-state index contributed by atoms with van der Waals surface area (Å²) in [5.74, 6) is 0.112. The first-order valence-corrected chi connectivity index (χ1v) is 7.85. The Balaban J connectivity index is 2.22. The van der Waals surface area contributed by atoms with Crippen LogP contribution in [-0.4, -0.2) is 36.0 Å². The van der Waals surface area contributed by atoms with E-state index in [1.807, 2.05) is 23.1 Å². The van der Waals surface area contributed by atoms with E-state index in [0.29, 0.717) is 12.1 Å². The van der Waals surface area contributed by atoms with Crippen molar-refractivity contribution >= 4 is 44.4 Å². The topological polar surface area (TPSA) is 32.3 Å². The summed E-state index contributed by atoms with van der Waals surface area (Å²) < 4.78 is 1.95. The number of hydrogen-bond acceptors (Lipinski definition) is 2. The van der Waals surface area contributed by atoms with Crippen LogP contribution in [-0.2, 0) is 0 Å². The molecule has 1 aliphatic rings. The van der Waals surface area contributed by atoms with Gasteiger partial charge in [0, 0.05) is 33.2 Å². The molecule has 1 aliphatic heterocycles. The number of benzene rings is 1. The maximum Gasteiger partial charge on any atom is 0.255 e. The van der Waals surface area contributed by atoms with Crippen molar-refractivity contribution in [1.29, 1.82) is 0 Å². The van der Waals surface area contributed by atoms with E-state index in [1.54, 1.807) is 0 Å². The zero-order chi connectivity index (χ0) is 13.3. The van der Waals surface area contributed by atoms with Gasteiger partial charge in [-0.3, -0.25) is 4.79 Å². The smallest absolute Gasteiger partial charge is 0.255 e. The van der Waals surface area contributed by atoms with Gasteiger partial charge in [0.05, 0.1) is 5.56 Å². The van der Waals surface area contributed by atoms with Gasteiger partial charge in [0.2, 0.25) is 0 Å². The van der Waals surface area contributed by atoms with Gasteiger partial charge >= 0.3 is 0 Å². The highest BCUT2D eigenvalue weighted by Gasteiger charge is 2.26. The van der Waals surface area contributed by atoms with Gasteiger partial charge in [-0.25, -0.2) is 0 Å². The molecule has 3 nitrogen and oxygen atoms in total. The number of halogens is 2. The van der Waals surface area contributed by atoms with Gasteiger partial charge in [0.1, 0.15) is 0 Å². The molecule has 1 saturated heterocycles. The van der Waals surface area contributed by atoms with Crippen molar-refractivity contribution in [1.82, 2.24) is 10.2 Å². The predicted octanol–water partition coefficient (Wildman–Crippen LogP) is 2.88. The van der Waals surface area contributed by atoms with Crippen LogP contribution >= 0.6 is 38.5 Å². The van der Waals surface area contributed by atoms with Crippen LogP contribution in [0, 0.1) is 3.57 Å². The maximum absolute atomic E-state index is 12.5. The van der Waals surface area contributed by atoms with E-state index in [2.05, 4.69) is 57.7 Å². The quantitative estimate of drug-likeness (QED) is 0.706. The lowest BCUT2D eigenvalue weighted by Crippen LogP contribution is -2.55. The Kier molecular flexibility index (Phi) is 4.66. The molecule has 1 aromatic carbocycles. The number of hydrogen-bond donors (Lipinski definition) is 1. The van der Waals surface area contributed by atoms with Crippen LogP contribution in [0.15, 0.2) is 22.7 Å². The first-order chi connectivity index (χ1) is 8.47. The van der Waals surface area contributed by atoms with Gasteiger partial charge in [0.15, 0.2) is 0 Å². The molecule has 0 radical (unpaired) electrons. The fourth-order valence-electron chi connectivity index (χ4n) is 2.32. The average Bonchev–Trinajstić information content (AvgIpc) is 2.30. The third-order valence-corrected chi connectivity index (χ3v) is 4.37. The molecule has 0 aliphatic carbocycles. The monoisotopic (exact) mass is 422 g/mol. The minimum Gasteiger partial charge on any atom is -0.336 e. The van der Waals surface area contributed by atoms with E-state index in [1.165, 1.54) is 0 Å². The average molecular weight is 423 g/mol. The van der Waals surface area contributed by atoms with Crippen molar-refractivity contribution < 1.29 is 4.79 Å². The Morgan fingerprint density at radius 2 is 2.00 bits per heavy atom. The lowest BCUT2D eigenvalue weighted by molar-refractivity contribution is 0.0673. The summed E-state index contributed by atoms with van der Waals surface area (Å²) >= 11 is 5.69. The van der Waals surface area contributed by atoms with Crippen molar-refractivity contribution in [2.75, 3.05) is 13.1 Å². The molecule has 1 amide bonds. The van der Waals surface area contributed by atoms with Gasteiger partial charge in [-0.2, -0.15) is 0 Å². The first kappa shape index (κ1) is 14.3. The Morgan fingerprint density at radius 1 is 1.39 bits per heavy atom. The highest BCUT2D eigenvalue weighted by molar-refractivity contribution is 14.1. The second-order valence-corrected chi connectivity index (χ2v) is 6.90. The molecule has 1 aromatic rings. The molecule has 5 heteroatoms. The number of nitrogens with one attached hydrogen (secondary N) is 1. The number of amides is 1.